The molecule has 0 bridgehead atoms. The molecule has 5 heteroatoms. The number of hydrogen-bond donors (Lipinski definition) is 1. The molecule has 1 N–H and O–H groups in total. The van der Waals surface area contributed by atoms with Crippen LogP contribution in [0.1, 0.15) is 32.4 Å². The molecule has 0 fully saturated rings. The zero-order chi connectivity index (χ0) is 14.0. The number of esters is 1. The van der Waals surface area contributed by atoms with Crippen molar-refractivity contribution >= 4 is 21.9 Å². The fraction of sp³-hybridized carbons (Fsp3) is 0.500. The lowest BCUT2D eigenvalue weighted by molar-refractivity contribution is -0.157. The van der Waals surface area contributed by atoms with E-state index in [9.17, 15) is 4.79 Å². The normalized spacial score (nSPS) is 19.1. The first kappa shape index (κ1) is 14.3. The molecule has 1 atom stereocenters. The Morgan fingerprint density at radius 2 is 2.21 bits per heavy atom. The highest BCUT2D eigenvalue weighted by Gasteiger charge is 2.30. The van der Waals surface area contributed by atoms with Crippen molar-refractivity contribution in [3.63, 3.8) is 0 Å². The van der Waals surface area contributed by atoms with Crippen LogP contribution in [0.3, 0.4) is 0 Å². The standard InChI is InChI=1S/C14H18BrNO3/c1-14(2,3)19-13(17)12-10-5-4-9(15)8-11(10)18-7-6-16-12/h4-5,8,12,16H,6-7H2,1-3H3. The van der Waals surface area contributed by atoms with Gasteiger partial charge in [0.2, 0.25) is 0 Å². The summed E-state index contributed by atoms with van der Waals surface area (Å²) in [5.74, 6) is 0.441. The van der Waals surface area contributed by atoms with E-state index >= 15 is 0 Å². The van der Waals surface area contributed by atoms with E-state index in [0.717, 1.165) is 15.8 Å². The summed E-state index contributed by atoms with van der Waals surface area (Å²) in [6.07, 6.45) is 0. The van der Waals surface area contributed by atoms with Gasteiger partial charge in [-0.2, -0.15) is 0 Å². The molecule has 1 unspecified atom stereocenters. The lowest BCUT2D eigenvalue weighted by Crippen LogP contribution is -2.35. The van der Waals surface area contributed by atoms with Gasteiger partial charge in [0.1, 0.15) is 24.0 Å². The number of ether oxygens (including phenoxy) is 2. The van der Waals surface area contributed by atoms with Crippen LogP contribution in [0.4, 0.5) is 0 Å². The maximum absolute atomic E-state index is 12.3. The summed E-state index contributed by atoms with van der Waals surface area (Å²) in [4.78, 5) is 12.3. The van der Waals surface area contributed by atoms with Gasteiger partial charge in [-0.05, 0) is 32.9 Å². The van der Waals surface area contributed by atoms with Crippen LogP contribution in [0.2, 0.25) is 0 Å². The molecule has 0 aromatic heterocycles. The van der Waals surface area contributed by atoms with Crippen LogP contribution in [0.15, 0.2) is 22.7 Å². The van der Waals surface area contributed by atoms with Gasteiger partial charge < -0.3 is 9.47 Å². The number of halogens is 1. The summed E-state index contributed by atoms with van der Waals surface area (Å²) in [6.45, 7) is 6.72. The highest BCUT2D eigenvalue weighted by atomic mass is 79.9. The molecular weight excluding hydrogens is 310 g/mol. The van der Waals surface area contributed by atoms with Crippen molar-refractivity contribution in [3.05, 3.63) is 28.2 Å². The lowest BCUT2D eigenvalue weighted by atomic mass is 10.1. The number of fused-ring (bicyclic) bond motifs is 1. The van der Waals surface area contributed by atoms with Gasteiger partial charge in [-0.3, -0.25) is 5.32 Å². The molecule has 1 aromatic carbocycles. The first-order valence-electron chi connectivity index (χ1n) is 6.25. The summed E-state index contributed by atoms with van der Waals surface area (Å²) in [6, 6.07) is 5.17. The largest absolute Gasteiger partial charge is 0.492 e. The Bertz CT molecular complexity index is 482. The summed E-state index contributed by atoms with van der Waals surface area (Å²) in [5.41, 5.74) is 0.316. The van der Waals surface area contributed by atoms with E-state index < -0.39 is 11.6 Å². The number of rotatable bonds is 1. The third-order valence-electron chi connectivity index (χ3n) is 2.64. The van der Waals surface area contributed by atoms with Gasteiger partial charge in [0.15, 0.2) is 0 Å². The highest BCUT2D eigenvalue weighted by molar-refractivity contribution is 9.10. The molecular formula is C14H18BrNO3. The monoisotopic (exact) mass is 327 g/mol. The van der Waals surface area contributed by atoms with Crippen molar-refractivity contribution in [1.29, 1.82) is 0 Å². The van der Waals surface area contributed by atoms with E-state index in [1.165, 1.54) is 0 Å². The number of carbonyl (C=O) groups is 1. The minimum atomic E-state index is -0.499. The van der Waals surface area contributed by atoms with Crippen LogP contribution in [-0.4, -0.2) is 24.7 Å². The number of nitrogens with one attached hydrogen (secondary N) is 1. The molecule has 0 saturated heterocycles. The quantitative estimate of drug-likeness (QED) is 0.806. The van der Waals surface area contributed by atoms with Crippen molar-refractivity contribution < 1.29 is 14.3 Å². The third-order valence-corrected chi connectivity index (χ3v) is 3.13. The average Bonchev–Trinajstić information content (AvgIpc) is 2.48. The van der Waals surface area contributed by atoms with Gasteiger partial charge >= 0.3 is 5.97 Å². The zero-order valence-electron chi connectivity index (χ0n) is 11.3. The lowest BCUT2D eigenvalue weighted by Gasteiger charge is -2.24. The van der Waals surface area contributed by atoms with E-state index in [2.05, 4.69) is 21.2 Å². The molecule has 2 rings (SSSR count). The van der Waals surface area contributed by atoms with Gasteiger partial charge in [0.05, 0.1) is 0 Å². The van der Waals surface area contributed by atoms with Gasteiger partial charge in [0, 0.05) is 16.6 Å². The molecule has 0 spiro atoms. The molecule has 4 nitrogen and oxygen atoms in total. The van der Waals surface area contributed by atoms with Gasteiger partial charge in [0.25, 0.3) is 0 Å². The van der Waals surface area contributed by atoms with E-state index in [1.54, 1.807) is 0 Å². The Morgan fingerprint density at radius 3 is 2.89 bits per heavy atom. The zero-order valence-corrected chi connectivity index (χ0v) is 12.9. The van der Waals surface area contributed by atoms with Crippen LogP contribution in [-0.2, 0) is 9.53 Å². The molecule has 0 radical (unpaired) electrons. The Labute approximate surface area is 121 Å². The van der Waals surface area contributed by atoms with Crippen LogP contribution in [0.25, 0.3) is 0 Å². The first-order valence-corrected chi connectivity index (χ1v) is 7.04. The van der Waals surface area contributed by atoms with Crippen molar-refractivity contribution in [2.75, 3.05) is 13.2 Å². The highest BCUT2D eigenvalue weighted by Crippen LogP contribution is 2.31. The Kier molecular flexibility index (Phi) is 4.16. The van der Waals surface area contributed by atoms with Crippen molar-refractivity contribution in [1.82, 2.24) is 5.32 Å². The van der Waals surface area contributed by atoms with Crippen LogP contribution in [0, 0.1) is 0 Å². The molecule has 1 aliphatic heterocycles. The Morgan fingerprint density at radius 1 is 1.47 bits per heavy atom. The average molecular weight is 328 g/mol. The first-order chi connectivity index (χ1) is 8.87. The van der Waals surface area contributed by atoms with Gasteiger partial charge in [-0.1, -0.05) is 22.0 Å². The number of hydrogen-bond acceptors (Lipinski definition) is 4. The van der Waals surface area contributed by atoms with E-state index in [1.807, 2.05) is 39.0 Å². The second kappa shape index (κ2) is 5.51. The SMILES string of the molecule is CC(C)(C)OC(=O)C1NCCOc2cc(Br)ccc21. The summed E-state index contributed by atoms with van der Waals surface area (Å²) in [5, 5.41) is 3.16. The van der Waals surface area contributed by atoms with Crippen LogP contribution >= 0.6 is 15.9 Å². The molecule has 0 amide bonds. The molecule has 0 aliphatic carbocycles. The fourth-order valence-electron chi connectivity index (χ4n) is 1.92. The molecule has 104 valence electrons. The fourth-order valence-corrected chi connectivity index (χ4v) is 2.26. The van der Waals surface area contributed by atoms with Crippen LogP contribution < -0.4 is 10.1 Å². The minimum Gasteiger partial charge on any atom is -0.492 e. The van der Waals surface area contributed by atoms with E-state index in [0.29, 0.717) is 13.2 Å². The minimum absolute atomic E-state index is 0.276. The number of benzene rings is 1. The van der Waals surface area contributed by atoms with Crippen molar-refractivity contribution in [2.45, 2.75) is 32.4 Å². The van der Waals surface area contributed by atoms with E-state index in [4.69, 9.17) is 9.47 Å². The molecule has 0 saturated carbocycles. The predicted octanol–water partition coefficient (Wildman–Crippen LogP) is 2.81. The molecule has 1 aliphatic rings. The van der Waals surface area contributed by atoms with Gasteiger partial charge in [-0.15, -0.1) is 0 Å². The maximum Gasteiger partial charge on any atom is 0.328 e. The summed E-state index contributed by atoms with van der Waals surface area (Å²) >= 11 is 3.41. The second-order valence-electron chi connectivity index (χ2n) is 5.45. The second-order valence-corrected chi connectivity index (χ2v) is 6.37. The molecule has 1 aromatic rings. The Hall–Kier alpha value is -1.07. The third kappa shape index (κ3) is 3.70. The Balaban J connectivity index is 2.29. The maximum atomic E-state index is 12.3. The molecule has 1 heterocycles. The summed E-state index contributed by atoms with van der Waals surface area (Å²) in [7, 11) is 0. The van der Waals surface area contributed by atoms with E-state index in [-0.39, 0.29) is 5.97 Å². The van der Waals surface area contributed by atoms with Crippen molar-refractivity contribution in [2.24, 2.45) is 0 Å². The smallest absolute Gasteiger partial charge is 0.328 e. The van der Waals surface area contributed by atoms with Crippen molar-refractivity contribution in [3.8, 4) is 5.75 Å². The molecule has 19 heavy (non-hydrogen) atoms. The van der Waals surface area contributed by atoms with Crippen LogP contribution in [0.5, 0.6) is 5.75 Å². The van der Waals surface area contributed by atoms with Gasteiger partial charge in [-0.25, -0.2) is 4.79 Å². The number of carbonyl (C=O) groups excluding carboxylic acids is 1. The summed E-state index contributed by atoms with van der Waals surface area (Å²) < 4.78 is 12.0. The predicted molar refractivity (Wildman–Crippen MR) is 76.2 cm³/mol. The topological polar surface area (TPSA) is 47.6 Å².